The normalized spacial score (nSPS) is 17.6. The van der Waals surface area contributed by atoms with E-state index in [1.54, 1.807) is 0 Å². The van der Waals surface area contributed by atoms with Crippen molar-refractivity contribution in [1.29, 1.82) is 0 Å². The number of carbonyl (C=O) groups excluding carboxylic acids is 1. The lowest BCUT2D eigenvalue weighted by Crippen LogP contribution is -2.40. The summed E-state index contributed by atoms with van der Waals surface area (Å²) >= 11 is 0. The molecular weight excluding hydrogens is 468 g/mol. The lowest BCUT2D eigenvalue weighted by molar-refractivity contribution is -0.157. The van der Waals surface area contributed by atoms with Crippen molar-refractivity contribution in [3.05, 3.63) is 0 Å². The molecule has 1 aliphatic rings. The molecule has 0 aromatic carbocycles. The third-order valence-corrected chi connectivity index (χ3v) is 3.41. The number of alkyl halides is 3. The fourth-order valence-electron chi connectivity index (χ4n) is 2.14. The molecule has 7 nitrogen and oxygen atoms in total. The maximum Gasteiger partial charge on any atom is 0.406 e. The molecular formula is C15H28F3IN4O3. The fraction of sp³-hybridized carbons (Fsp3) is 0.867. The Morgan fingerprint density at radius 2 is 2.12 bits per heavy atom. The first-order valence-corrected chi connectivity index (χ1v) is 8.34. The lowest BCUT2D eigenvalue weighted by atomic mass is 10.3. The van der Waals surface area contributed by atoms with Crippen molar-refractivity contribution in [3.63, 3.8) is 0 Å². The molecule has 1 saturated heterocycles. The minimum absolute atomic E-state index is 0. The zero-order chi connectivity index (χ0) is 18.7. The van der Waals surface area contributed by atoms with Crippen molar-refractivity contribution in [2.45, 2.75) is 32.0 Å². The van der Waals surface area contributed by atoms with E-state index in [0.29, 0.717) is 37.2 Å². The second-order valence-corrected chi connectivity index (χ2v) is 5.70. The molecule has 0 bridgehead atoms. The highest BCUT2D eigenvalue weighted by Crippen LogP contribution is 2.15. The summed E-state index contributed by atoms with van der Waals surface area (Å²) in [4.78, 5) is 16.3. The van der Waals surface area contributed by atoms with Crippen LogP contribution in [0.15, 0.2) is 4.99 Å². The predicted octanol–water partition coefficient (Wildman–Crippen LogP) is 1.38. The number of aliphatic imine (C=N–C) groups is 1. The number of hydrogen-bond acceptors (Lipinski definition) is 4. The highest BCUT2D eigenvalue weighted by Gasteiger charge is 2.31. The Kier molecular flexibility index (Phi) is 12.9. The van der Waals surface area contributed by atoms with Crippen LogP contribution in [0.1, 0.15) is 19.8 Å². The minimum Gasteiger partial charge on any atom is -0.379 e. The molecule has 0 saturated carbocycles. The van der Waals surface area contributed by atoms with E-state index in [1.165, 1.54) is 0 Å². The smallest absolute Gasteiger partial charge is 0.379 e. The van der Waals surface area contributed by atoms with E-state index >= 15 is 0 Å². The van der Waals surface area contributed by atoms with Gasteiger partial charge in [0, 0.05) is 33.4 Å². The van der Waals surface area contributed by atoms with Crippen LogP contribution in [0.3, 0.4) is 0 Å². The third kappa shape index (κ3) is 11.7. The number of halogens is 4. The van der Waals surface area contributed by atoms with E-state index in [-0.39, 0.29) is 36.6 Å². The van der Waals surface area contributed by atoms with Gasteiger partial charge < -0.3 is 25.0 Å². The Balaban J connectivity index is 0.00000625. The van der Waals surface area contributed by atoms with Gasteiger partial charge in [-0.05, 0) is 19.8 Å². The summed E-state index contributed by atoms with van der Waals surface area (Å²) in [6, 6.07) is 0. The lowest BCUT2D eigenvalue weighted by Gasteiger charge is -2.18. The van der Waals surface area contributed by atoms with Gasteiger partial charge in [-0.1, -0.05) is 0 Å². The Bertz CT molecular complexity index is 433. The highest BCUT2D eigenvalue weighted by molar-refractivity contribution is 14.0. The maximum atomic E-state index is 12.3. The highest BCUT2D eigenvalue weighted by atomic mass is 127. The molecule has 1 atom stereocenters. The zero-order valence-electron chi connectivity index (χ0n) is 15.1. The molecule has 0 radical (unpaired) electrons. The number of guanidine groups is 1. The van der Waals surface area contributed by atoms with E-state index in [1.807, 2.05) is 6.92 Å². The molecule has 0 aliphatic carbocycles. The zero-order valence-corrected chi connectivity index (χ0v) is 17.4. The van der Waals surface area contributed by atoms with Crippen LogP contribution in [0.2, 0.25) is 0 Å². The number of likely N-dealkylation sites (N-methyl/N-ethyl adjacent to an activating group) is 1. The van der Waals surface area contributed by atoms with E-state index in [4.69, 9.17) is 9.47 Å². The van der Waals surface area contributed by atoms with Crippen molar-refractivity contribution in [2.75, 3.05) is 53.0 Å². The van der Waals surface area contributed by atoms with Gasteiger partial charge in [0.2, 0.25) is 5.91 Å². The monoisotopic (exact) mass is 496 g/mol. The number of carbonyl (C=O) groups is 1. The van der Waals surface area contributed by atoms with Gasteiger partial charge in [-0.2, -0.15) is 13.2 Å². The second kappa shape index (κ2) is 13.4. The van der Waals surface area contributed by atoms with Gasteiger partial charge >= 0.3 is 6.18 Å². The van der Waals surface area contributed by atoms with Crippen molar-refractivity contribution < 1.29 is 27.4 Å². The Morgan fingerprint density at radius 3 is 2.69 bits per heavy atom. The Labute approximate surface area is 169 Å². The summed E-state index contributed by atoms with van der Waals surface area (Å²) in [7, 11) is 1.11. The molecule has 11 heteroatoms. The van der Waals surface area contributed by atoms with E-state index < -0.39 is 18.6 Å². The molecule has 1 heterocycles. The molecule has 154 valence electrons. The molecule has 1 rings (SSSR count). The molecule has 1 fully saturated rings. The van der Waals surface area contributed by atoms with Crippen LogP contribution in [0.25, 0.3) is 0 Å². The molecule has 1 amide bonds. The third-order valence-electron chi connectivity index (χ3n) is 3.41. The molecule has 0 aromatic rings. The standard InChI is InChI=1S/C15H27F3N4O3.HI/c1-3-19-14(20-6-4-7-25-12-5-8-24-10-12)21-9-13(23)22(2)11-15(16,17)18;/h12H,3-11H2,1-2H3,(H2,19,20,21);1H. The fourth-order valence-corrected chi connectivity index (χ4v) is 2.14. The summed E-state index contributed by atoms with van der Waals surface area (Å²) in [6.45, 7) is 3.32. The van der Waals surface area contributed by atoms with Crippen molar-refractivity contribution in [3.8, 4) is 0 Å². The van der Waals surface area contributed by atoms with Gasteiger partial charge in [0.15, 0.2) is 5.96 Å². The summed E-state index contributed by atoms with van der Waals surface area (Å²) in [5.41, 5.74) is 0. The SMILES string of the molecule is CCNC(=NCC(=O)N(C)CC(F)(F)F)NCCCOC1CCOC1.I. The number of nitrogens with zero attached hydrogens (tertiary/aromatic N) is 2. The van der Waals surface area contributed by atoms with Crippen molar-refractivity contribution in [1.82, 2.24) is 15.5 Å². The van der Waals surface area contributed by atoms with E-state index in [9.17, 15) is 18.0 Å². The van der Waals surface area contributed by atoms with Crippen LogP contribution in [0.4, 0.5) is 13.2 Å². The van der Waals surface area contributed by atoms with E-state index in [0.717, 1.165) is 26.5 Å². The molecule has 0 spiro atoms. The summed E-state index contributed by atoms with van der Waals surface area (Å²) < 4.78 is 47.6. The summed E-state index contributed by atoms with van der Waals surface area (Å²) in [5, 5.41) is 5.97. The van der Waals surface area contributed by atoms with Gasteiger partial charge in [0.1, 0.15) is 13.1 Å². The van der Waals surface area contributed by atoms with Gasteiger partial charge in [-0.25, -0.2) is 4.99 Å². The predicted molar refractivity (Wildman–Crippen MR) is 103 cm³/mol. The Morgan fingerprint density at radius 1 is 1.38 bits per heavy atom. The number of nitrogens with one attached hydrogen (secondary N) is 2. The maximum absolute atomic E-state index is 12.3. The van der Waals surface area contributed by atoms with Gasteiger partial charge in [-0.15, -0.1) is 24.0 Å². The number of rotatable bonds is 9. The summed E-state index contributed by atoms with van der Waals surface area (Å²) in [5.74, 6) is -0.306. The number of ether oxygens (including phenoxy) is 2. The second-order valence-electron chi connectivity index (χ2n) is 5.70. The van der Waals surface area contributed by atoms with Crippen LogP contribution in [0, 0.1) is 0 Å². The molecule has 1 unspecified atom stereocenters. The average molecular weight is 496 g/mol. The average Bonchev–Trinajstić information content (AvgIpc) is 3.03. The van der Waals surface area contributed by atoms with Crippen LogP contribution in [0.5, 0.6) is 0 Å². The van der Waals surface area contributed by atoms with Crippen LogP contribution >= 0.6 is 24.0 Å². The molecule has 2 N–H and O–H groups in total. The largest absolute Gasteiger partial charge is 0.406 e. The number of amides is 1. The van der Waals surface area contributed by atoms with Gasteiger partial charge in [-0.3, -0.25) is 4.79 Å². The molecule has 0 aromatic heterocycles. The van der Waals surface area contributed by atoms with Crippen LogP contribution in [-0.2, 0) is 14.3 Å². The first kappa shape index (κ1) is 25.2. The first-order chi connectivity index (χ1) is 11.8. The molecule has 26 heavy (non-hydrogen) atoms. The van der Waals surface area contributed by atoms with Crippen molar-refractivity contribution >= 4 is 35.8 Å². The molecule has 1 aliphatic heterocycles. The quantitative estimate of drug-likeness (QED) is 0.219. The Hall–Kier alpha value is -0.820. The van der Waals surface area contributed by atoms with Crippen LogP contribution in [-0.4, -0.2) is 82.1 Å². The first-order valence-electron chi connectivity index (χ1n) is 8.34. The summed E-state index contributed by atoms with van der Waals surface area (Å²) in [6.07, 6.45) is -2.61. The number of hydrogen-bond donors (Lipinski definition) is 2. The van der Waals surface area contributed by atoms with Crippen LogP contribution < -0.4 is 10.6 Å². The minimum atomic E-state index is -4.42. The van der Waals surface area contributed by atoms with E-state index in [2.05, 4.69) is 15.6 Å². The topological polar surface area (TPSA) is 75.2 Å². The van der Waals surface area contributed by atoms with Crippen molar-refractivity contribution in [2.24, 2.45) is 4.99 Å². The van der Waals surface area contributed by atoms with Gasteiger partial charge in [0.25, 0.3) is 0 Å². The van der Waals surface area contributed by atoms with Gasteiger partial charge in [0.05, 0.1) is 12.7 Å².